The molecule has 1 aromatic carbocycles. The van der Waals surface area contributed by atoms with Gasteiger partial charge in [0.25, 0.3) is 0 Å². The highest BCUT2D eigenvalue weighted by Gasteiger charge is 2.17. The number of nitrogens with zero attached hydrogens (tertiary/aromatic N) is 4. The van der Waals surface area contributed by atoms with Crippen LogP contribution < -0.4 is 10.5 Å². The summed E-state index contributed by atoms with van der Waals surface area (Å²) in [4.78, 5) is 4.31. The molecule has 6 heteroatoms. The maximum absolute atomic E-state index is 9.39. The van der Waals surface area contributed by atoms with Crippen molar-refractivity contribution < 1.29 is 4.74 Å². The van der Waals surface area contributed by atoms with Gasteiger partial charge < -0.3 is 15.0 Å². The Hall–Kier alpha value is -3.20. The summed E-state index contributed by atoms with van der Waals surface area (Å²) in [7, 11) is 1.91. The van der Waals surface area contributed by atoms with E-state index in [1.165, 1.54) is 5.56 Å². The van der Waals surface area contributed by atoms with Crippen LogP contribution in [0.5, 0.6) is 11.6 Å². The molecule has 0 unspecified atom stereocenters. The van der Waals surface area contributed by atoms with Gasteiger partial charge in [-0.2, -0.15) is 5.26 Å². The zero-order valence-corrected chi connectivity index (χ0v) is 13.9. The second-order valence-corrected chi connectivity index (χ2v) is 5.79. The van der Waals surface area contributed by atoms with Gasteiger partial charge in [-0.05, 0) is 37.1 Å². The average molecular weight is 321 g/mol. The van der Waals surface area contributed by atoms with Gasteiger partial charge in [0.1, 0.15) is 23.3 Å². The molecule has 0 aliphatic rings. The number of nitriles is 1. The van der Waals surface area contributed by atoms with Crippen molar-refractivity contribution in [3.8, 4) is 17.7 Å². The number of hydrogen-bond donors (Lipinski definition) is 1. The molecule has 0 aliphatic heterocycles. The first-order chi connectivity index (χ1) is 11.5. The first-order valence-corrected chi connectivity index (χ1v) is 7.60. The predicted molar refractivity (Wildman–Crippen MR) is 91.9 cm³/mol. The topological polar surface area (TPSA) is 81.8 Å². The highest BCUT2D eigenvalue weighted by molar-refractivity contribution is 5.56. The second-order valence-electron chi connectivity index (χ2n) is 5.79. The van der Waals surface area contributed by atoms with Gasteiger partial charge in [0.15, 0.2) is 0 Å². The lowest BCUT2D eigenvalue weighted by Gasteiger charge is -2.13. The number of aromatic nitrogens is 3. The third-order valence-corrected chi connectivity index (χ3v) is 4.10. The molecular weight excluding hydrogens is 302 g/mol. The zero-order chi connectivity index (χ0) is 17.3. The van der Waals surface area contributed by atoms with Crippen molar-refractivity contribution >= 4 is 5.69 Å². The molecule has 6 nitrogen and oxygen atoms in total. The average Bonchev–Trinajstić information content (AvgIpc) is 3.09. The molecule has 0 fully saturated rings. The molecule has 3 aromatic rings. The van der Waals surface area contributed by atoms with E-state index in [4.69, 9.17) is 10.5 Å². The maximum Gasteiger partial charge on any atom is 0.224 e. The summed E-state index contributed by atoms with van der Waals surface area (Å²) in [5, 5.41) is 9.39. The lowest BCUT2D eigenvalue weighted by Crippen LogP contribution is -2.09. The van der Waals surface area contributed by atoms with Crippen LogP contribution >= 0.6 is 0 Å². The van der Waals surface area contributed by atoms with Crippen LogP contribution in [0.25, 0.3) is 0 Å². The summed E-state index contributed by atoms with van der Waals surface area (Å²) in [5.74, 6) is 1.96. The number of rotatable bonds is 4. The standard InChI is InChI=1S/C18H19N5O/c1-12-4-5-15(8-13(12)2)24-18-16(20)9-14(10-19)23(18)11-17-21-6-7-22(17)3/h4-9H,11,20H2,1-3H3. The molecule has 0 aliphatic carbocycles. The molecule has 0 saturated carbocycles. The third kappa shape index (κ3) is 2.84. The number of nitrogen functional groups attached to an aromatic ring is 1. The van der Waals surface area contributed by atoms with Crippen molar-refractivity contribution in [1.82, 2.24) is 14.1 Å². The van der Waals surface area contributed by atoms with Crippen LogP contribution in [-0.4, -0.2) is 14.1 Å². The van der Waals surface area contributed by atoms with Gasteiger partial charge in [0.05, 0.1) is 12.2 Å². The third-order valence-electron chi connectivity index (χ3n) is 4.10. The van der Waals surface area contributed by atoms with Crippen molar-refractivity contribution in [2.75, 3.05) is 5.73 Å². The summed E-state index contributed by atoms with van der Waals surface area (Å²) in [5.41, 5.74) is 9.27. The Morgan fingerprint density at radius 2 is 2.04 bits per heavy atom. The van der Waals surface area contributed by atoms with E-state index >= 15 is 0 Å². The molecule has 24 heavy (non-hydrogen) atoms. The van der Waals surface area contributed by atoms with Gasteiger partial charge >= 0.3 is 0 Å². The van der Waals surface area contributed by atoms with Crippen LogP contribution in [0.4, 0.5) is 5.69 Å². The van der Waals surface area contributed by atoms with Gasteiger partial charge in [-0.1, -0.05) is 6.07 Å². The molecule has 0 amide bonds. The number of imidazole rings is 1. The summed E-state index contributed by atoms with van der Waals surface area (Å²) in [6.07, 6.45) is 3.58. The summed E-state index contributed by atoms with van der Waals surface area (Å²) in [6, 6.07) is 9.64. The largest absolute Gasteiger partial charge is 0.439 e. The molecule has 2 N–H and O–H groups in total. The Morgan fingerprint density at radius 3 is 2.67 bits per heavy atom. The van der Waals surface area contributed by atoms with Gasteiger partial charge in [0.2, 0.25) is 5.88 Å². The van der Waals surface area contributed by atoms with Crippen LogP contribution in [0.1, 0.15) is 22.6 Å². The van der Waals surface area contributed by atoms with Crippen molar-refractivity contribution in [1.29, 1.82) is 5.26 Å². The Bertz CT molecular complexity index is 930. The zero-order valence-electron chi connectivity index (χ0n) is 13.9. The van der Waals surface area contributed by atoms with Crippen LogP contribution in [0.2, 0.25) is 0 Å². The number of nitrogens with two attached hydrogens (primary N) is 1. The predicted octanol–water partition coefficient (Wildman–Crippen LogP) is 3.13. The van der Waals surface area contributed by atoms with E-state index in [1.54, 1.807) is 16.8 Å². The van der Waals surface area contributed by atoms with E-state index in [0.29, 0.717) is 29.6 Å². The van der Waals surface area contributed by atoms with Crippen LogP contribution in [0.15, 0.2) is 36.7 Å². The van der Waals surface area contributed by atoms with Crippen LogP contribution in [-0.2, 0) is 13.6 Å². The number of hydrogen-bond acceptors (Lipinski definition) is 4. The van der Waals surface area contributed by atoms with E-state index in [2.05, 4.69) is 11.1 Å². The lowest BCUT2D eigenvalue weighted by molar-refractivity contribution is 0.433. The van der Waals surface area contributed by atoms with Gasteiger partial charge in [-0.15, -0.1) is 0 Å². The quantitative estimate of drug-likeness (QED) is 0.800. The summed E-state index contributed by atoms with van der Waals surface area (Å²) in [6.45, 7) is 4.48. The first kappa shape index (κ1) is 15.7. The molecule has 0 saturated heterocycles. The van der Waals surface area contributed by atoms with E-state index in [-0.39, 0.29) is 0 Å². The molecule has 0 radical (unpaired) electrons. The fourth-order valence-electron chi connectivity index (χ4n) is 2.50. The van der Waals surface area contributed by atoms with Gasteiger partial charge in [0, 0.05) is 25.5 Å². The van der Waals surface area contributed by atoms with E-state index in [0.717, 1.165) is 11.4 Å². The fourth-order valence-corrected chi connectivity index (χ4v) is 2.50. The molecule has 122 valence electrons. The minimum Gasteiger partial charge on any atom is -0.439 e. The van der Waals surface area contributed by atoms with Crippen molar-refractivity contribution in [3.05, 3.63) is 59.3 Å². The Kier molecular flexibility index (Phi) is 4.00. The van der Waals surface area contributed by atoms with Crippen molar-refractivity contribution in [2.45, 2.75) is 20.4 Å². The Morgan fingerprint density at radius 1 is 1.25 bits per heavy atom. The Labute approximate surface area is 140 Å². The van der Waals surface area contributed by atoms with E-state index in [1.807, 2.05) is 49.9 Å². The van der Waals surface area contributed by atoms with Gasteiger partial charge in [-0.3, -0.25) is 4.57 Å². The molecule has 0 atom stereocenters. The maximum atomic E-state index is 9.39. The molecule has 3 rings (SSSR count). The molecule has 0 bridgehead atoms. The SMILES string of the molecule is Cc1ccc(Oc2c(N)cc(C#N)n2Cc2nccn2C)cc1C. The lowest BCUT2D eigenvalue weighted by atomic mass is 10.1. The number of anilines is 1. The van der Waals surface area contributed by atoms with E-state index in [9.17, 15) is 5.26 Å². The van der Waals surface area contributed by atoms with Crippen molar-refractivity contribution in [2.24, 2.45) is 7.05 Å². The minimum absolute atomic E-state index is 0.407. The monoisotopic (exact) mass is 321 g/mol. The minimum atomic E-state index is 0.407. The Balaban J connectivity index is 2.00. The second kappa shape index (κ2) is 6.13. The number of benzene rings is 1. The molecular formula is C18H19N5O. The summed E-state index contributed by atoms with van der Waals surface area (Å²) < 4.78 is 9.64. The van der Waals surface area contributed by atoms with Crippen molar-refractivity contribution in [3.63, 3.8) is 0 Å². The summed E-state index contributed by atoms with van der Waals surface area (Å²) >= 11 is 0. The number of ether oxygens (including phenoxy) is 1. The molecule has 2 aromatic heterocycles. The number of aryl methyl sites for hydroxylation is 3. The smallest absolute Gasteiger partial charge is 0.224 e. The highest BCUT2D eigenvalue weighted by Crippen LogP contribution is 2.32. The van der Waals surface area contributed by atoms with Crippen LogP contribution in [0, 0.1) is 25.2 Å². The van der Waals surface area contributed by atoms with Gasteiger partial charge in [-0.25, -0.2) is 4.98 Å². The highest BCUT2D eigenvalue weighted by atomic mass is 16.5. The fraction of sp³-hybridized carbons (Fsp3) is 0.222. The first-order valence-electron chi connectivity index (χ1n) is 7.60. The normalized spacial score (nSPS) is 10.6. The molecule has 0 spiro atoms. The van der Waals surface area contributed by atoms with Crippen LogP contribution in [0.3, 0.4) is 0 Å². The van der Waals surface area contributed by atoms with E-state index < -0.39 is 0 Å². The molecule has 2 heterocycles.